The Morgan fingerprint density at radius 1 is 0.930 bits per heavy atom. The summed E-state index contributed by atoms with van der Waals surface area (Å²) in [7, 11) is 3.78. The van der Waals surface area contributed by atoms with Crippen molar-refractivity contribution in [3.05, 3.63) is 23.3 Å². The minimum Gasteiger partial charge on any atom is -0.493 e. The number of carbonyl (C=O) groups excluding carboxylic acids is 2. The Morgan fingerprint density at radius 2 is 1.53 bits per heavy atom. The molecule has 236 valence electrons. The van der Waals surface area contributed by atoms with Gasteiger partial charge in [0.1, 0.15) is 5.60 Å². The van der Waals surface area contributed by atoms with Gasteiger partial charge in [-0.15, -0.1) is 0 Å². The monoisotopic (exact) mass is 645 g/mol. The number of carbonyl (C=O) groups is 2. The van der Waals surface area contributed by atoms with Crippen LogP contribution in [0.4, 0.5) is 0 Å². The quantitative estimate of drug-likeness (QED) is 0.0919. The first-order chi connectivity index (χ1) is 20.5. The number of ether oxygens (including phenoxy) is 3. The third-order valence-electron chi connectivity index (χ3n) is 11.0. The summed E-state index contributed by atoms with van der Waals surface area (Å²) >= 11 is 0. The van der Waals surface area contributed by atoms with Crippen LogP contribution >= 0.6 is 0 Å². The van der Waals surface area contributed by atoms with Crippen LogP contribution in [0.5, 0.6) is 11.5 Å². The molecular weight excluding hydrogens is 592 g/mol. The van der Waals surface area contributed by atoms with E-state index in [0.29, 0.717) is 30.8 Å². The molecule has 2 aliphatic carbocycles. The predicted octanol–water partition coefficient (Wildman–Crippen LogP) is 7.86. The number of hydrogen-bond acceptors (Lipinski definition) is 6. The molecule has 5 rings (SSSR count). The first-order valence-corrected chi connectivity index (χ1v) is 17.3. The van der Waals surface area contributed by atoms with E-state index in [1.807, 2.05) is 6.07 Å². The van der Waals surface area contributed by atoms with Gasteiger partial charge in [0.25, 0.3) is 0 Å². The molecule has 43 heavy (non-hydrogen) atoms. The second-order valence-corrected chi connectivity index (χ2v) is 13.6. The van der Waals surface area contributed by atoms with Crippen LogP contribution in [-0.2, 0) is 45.6 Å². The number of nitrogens with zero attached hydrogens (tertiary/aromatic N) is 1. The predicted molar refractivity (Wildman–Crippen MR) is 166 cm³/mol. The maximum atomic E-state index is 13.5. The van der Waals surface area contributed by atoms with E-state index in [0.717, 1.165) is 37.8 Å². The number of benzene rings is 1. The molecule has 2 bridgehead atoms. The number of methoxy groups -OCH3 is 1. The number of likely N-dealkylation sites (tertiary alicyclic amines) is 1. The van der Waals surface area contributed by atoms with E-state index in [4.69, 9.17) is 14.2 Å². The fourth-order valence-corrected chi connectivity index (χ4v) is 8.76. The molecule has 7 heteroatoms. The molecule has 1 saturated carbocycles. The molecular formula is C36H55NO5Zn. The Bertz CT molecular complexity index is 1090. The average Bonchev–Trinajstić information content (AvgIpc) is 3.35. The molecule has 1 saturated heterocycles. The normalized spacial score (nSPS) is 26.8. The molecule has 1 aromatic carbocycles. The number of rotatable bonds is 18. The van der Waals surface area contributed by atoms with E-state index in [1.54, 1.807) is 7.11 Å². The zero-order chi connectivity index (χ0) is 29.6. The van der Waals surface area contributed by atoms with Crippen molar-refractivity contribution in [2.24, 2.45) is 0 Å². The van der Waals surface area contributed by atoms with Crippen LogP contribution in [0.15, 0.2) is 12.1 Å². The molecule has 2 aliphatic heterocycles. The Balaban J connectivity index is 0.00000423. The number of piperidine rings is 1. The van der Waals surface area contributed by atoms with Crippen LogP contribution in [0.1, 0.15) is 140 Å². The maximum Gasteiger partial charge on any atom is 0.306 e. The van der Waals surface area contributed by atoms with Crippen LogP contribution in [0.2, 0.25) is 0 Å². The summed E-state index contributed by atoms with van der Waals surface area (Å²) < 4.78 is 18.8. The van der Waals surface area contributed by atoms with Crippen molar-refractivity contribution in [2.75, 3.05) is 20.7 Å². The number of likely N-dealkylation sites (N-methyl/N-ethyl adjacent to an activating group) is 1. The van der Waals surface area contributed by atoms with Crippen molar-refractivity contribution in [2.45, 2.75) is 159 Å². The van der Waals surface area contributed by atoms with Crippen molar-refractivity contribution >= 4 is 11.8 Å². The molecule has 4 aliphatic rings. The molecule has 2 heterocycles. The summed E-state index contributed by atoms with van der Waals surface area (Å²) in [6.45, 7) is 3.13. The topological polar surface area (TPSA) is 65.1 Å². The zero-order valence-electron chi connectivity index (χ0n) is 27.4. The van der Waals surface area contributed by atoms with Crippen molar-refractivity contribution in [1.29, 1.82) is 0 Å². The van der Waals surface area contributed by atoms with E-state index in [1.165, 1.54) is 89.0 Å². The van der Waals surface area contributed by atoms with E-state index in [9.17, 15) is 9.59 Å². The summed E-state index contributed by atoms with van der Waals surface area (Å²) in [5, 5.41) is 0. The minimum atomic E-state index is -0.740. The first-order valence-electron chi connectivity index (χ1n) is 17.3. The standard InChI is InChI=1S/C36H55NO5.Zn/c1-4-5-6-7-8-9-10-11-12-13-14-15-16-17-18-19-31(39)42-36-23-22-28(38)34-35(36)24-25-37(2)30(36)26-27-20-21-29(40-3)33(41-34)32(27)35;/h20-21,30,34H,4-19,22-26H2,1-3H3;/t30-,34+,35+,36-;/m1./s1. The molecule has 1 aromatic rings. The Labute approximate surface area is 273 Å². The van der Waals surface area contributed by atoms with Gasteiger partial charge in [-0.2, -0.15) is 0 Å². The van der Waals surface area contributed by atoms with Gasteiger partial charge in [-0.05, 0) is 50.9 Å². The first kappa shape index (κ1) is 34.4. The SMILES string of the molecule is CCCCCCCCCCCCCCCCCC(=O)O[C@@]12CCC(=O)[C@@H]3Oc4c(OC)ccc5c4[C@@]31CCN(C)[C@@H]2C5.[Zn]. The van der Waals surface area contributed by atoms with Gasteiger partial charge in [-0.1, -0.05) is 103 Å². The van der Waals surface area contributed by atoms with Gasteiger partial charge < -0.3 is 14.2 Å². The fourth-order valence-electron chi connectivity index (χ4n) is 8.76. The molecule has 1 spiro atoms. The van der Waals surface area contributed by atoms with Crippen LogP contribution in [-0.4, -0.2) is 55.1 Å². The Hall–Kier alpha value is -1.46. The smallest absolute Gasteiger partial charge is 0.306 e. The van der Waals surface area contributed by atoms with Crippen molar-refractivity contribution < 1.29 is 43.3 Å². The summed E-state index contributed by atoms with van der Waals surface area (Å²) in [5.41, 5.74) is 0.912. The van der Waals surface area contributed by atoms with Gasteiger partial charge in [0.2, 0.25) is 0 Å². The van der Waals surface area contributed by atoms with E-state index < -0.39 is 17.1 Å². The van der Waals surface area contributed by atoms with Gasteiger partial charge in [-0.3, -0.25) is 14.5 Å². The molecule has 4 atom stereocenters. The van der Waals surface area contributed by atoms with E-state index in [-0.39, 0.29) is 37.3 Å². The van der Waals surface area contributed by atoms with Crippen molar-refractivity contribution in [1.82, 2.24) is 4.90 Å². The Morgan fingerprint density at radius 3 is 2.14 bits per heavy atom. The molecule has 0 radical (unpaired) electrons. The number of unbranched alkanes of at least 4 members (excludes halogenated alkanes) is 14. The average molecular weight is 647 g/mol. The fraction of sp³-hybridized carbons (Fsp3) is 0.778. The molecule has 2 fully saturated rings. The summed E-state index contributed by atoms with van der Waals surface area (Å²) in [4.78, 5) is 29.2. The molecule has 0 unspecified atom stereocenters. The minimum absolute atomic E-state index is 0. The molecule has 0 amide bonds. The second-order valence-electron chi connectivity index (χ2n) is 13.6. The summed E-state index contributed by atoms with van der Waals surface area (Å²) in [6.07, 6.45) is 21.9. The van der Waals surface area contributed by atoms with E-state index in [2.05, 4.69) is 24.9 Å². The van der Waals surface area contributed by atoms with Gasteiger partial charge in [-0.25, -0.2) is 0 Å². The number of hydrogen-bond donors (Lipinski definition) is 0. The van der Waals surface area contributed by atoms with Gasteiger partial charge in [0, 0.05) is 37.9 Å². The largest absolute Gasteiger partial charge is 0.493 e. The van der Waals surface area contributed by atoms with Crippen LogP contribution in [0.3, 0.4) is 0 Å². The van der Waals surface area contributed by atoms with Crippen LogP contribution in [0.25, 0.3) is 0 Å². The summed E-state index contributed by atoms with van der Waals surface area (Å²) in [5.74, 6) is 1.37. The van der Waals surface area contributed by atoms with Crippen molar-refractivity contribution in [3.8, 4) is 11.5 Å². The van der Waals surface area contributed by atoms with Crippen LogP contribution in [0, 0.1) is 0 Å². The molecule has 0 aromatic heterocycles. The second kappa shape index (κ2) is 15.7. The number of Topliss-reactive ketones (excluding diaryl/α,β-unsaturated/α-hetero) is 1. The van der Waals surface area contributed by atoms with Crippen LogP contribution < -0.4 is 9.47 Å². The zero-order valence-corrected chi connectivity index (χ0v) is 30.3. The molecule has 0 N–H and O–H groups in total. The van der Waals surface area contributed by atoms with E-state index >= 15 is 0 Å². The third kappa shape index (κ3) is 6.74. The van der Waals surface area contributed by atoms with Gasteiger partial charge in [0.05, 0.1) is 18.6 Å². The van der Waals surface area contributed by atoms with Gasteiger partial charge in [0.15, 0.2) is 23.4 Å². The number of ketones is 1. The van der Waals surface area contributed by atoms with Crippen molar-refractivity contribution in [3.63, 3.8) is 0 Å². The molecule has 6 nitrogen and oxygen atoms in total. The maximum absolute atomic E-state index is 13.5. The third-order valence-corrected chi connectivity index (χ3v) is 11.0. The Kier molecular flexibility index (Phi) is 12.6. The summed E-state index contributed by atoms with van der Waals surface area (Å²) in [6, 6.07) is 4.12. The number of esters is 1. The van der Waals surface area contributed by atoms with Gasteiger partial charge >= 0.3 is 5.97 Å².